The summed E-state index contributed by atoms with van der Waals surface area (Å²) in [6, 6.07) is 10.9. The molecule has 1 aliphatic heterocycles. The van der Waals surface area contributed by atoms with E-state index in [9.17, 15) is 13.6 Å². The number of alkyl halides is 2. The molecule has 1 N–H and O–H groups in total. The molecule has 1 atom stereocenters. The molecule has 5 heterocycles. The number of para-hydroxylation sites is 2. The second-order valence-electron chi connectivity index (χ2n) is 7.57. The van der Waals surface area contributed by atoms with Gasteiger partial charge in [-0.05, 0) is 30.3 Å². The van der Waals surface area contributed by atoms with Crippen LogP contribution in [0.3, 0.4) is 0 Å². The molecule has 0 saturated heterocycles. The molecule has 6 rings (SSSR count). The van der Waals surface area contributed by atoms with Crippen molar-refractivity contribution in [1.29, 1.82) is 0 Å². The van der Waals surface area contributed by atoms with Gasteiger partial charge in [-0.15, -0.1) is 0 Å². The number of aromatic amines is 1. The fraction of sp³-hybridized carbons (Fsp3) is 0.182. The van der Waals surface area contributed by atoms with Crippen LogP contribution in [0, 0.1) is 0 Å². The summed E-state index contributed by atoms with van der Waals surface area (Å²) in [7, 11) is 0. The zero-order chi connectivity index (χ0) is 21.8. The second-order valence-corrected chi connectivity index (χ2v) is 7.57. The van der Waals surface area contributed by atoms with Gasteiger partial charge in [0.25, 0.3) is 12.3 Å². The number of amides is 1. The Bertz CT molecular complexity index is 1440. The van der Waals surface area contributed by atoms with E-state index in [0.29, 0.717) is 35.5 Å². The van der Waals surface area contributed by atoms with Crippen molar-refractivity contribution in [3.63, 3.8) is 0 Å². The molecule has 0 aliphatic carbocycles. The highest BCUT2D eigenvalue weighted by atomic mass is 19.3. The van der Waals surface area contributed by atoms with Gasteiger partial charge in [0.2, 0.25) is 0 Å². The van der Waals surface area contributed by atoms with Crippen molar-refractivity contribution >= 4 is 22.5 Å². The van der Waals surface area contributed by atoms with Gasteiger partial charge in [0, 0.05) is 30.4 Å². The molecule has 8 nitrogen and oxygen atoms in total. The van der Waals surface area contributed by atoms with Crippen molar-refractivity contribution in [2.24, 2.45) is 0 Å². The molecule has 0 spiro atoms. The molecule has 1 aliphatic rings. The zero-order valence-electron chi connectivity index (χ0n) is 16.6. The fourth-order valence-corrected chi connectivity index (χ4v) is 4.26. The lowest BCUT2D eigenvalue weighted by atomic mass is 9.99. The molecular formula is C22H16F2N6O2. The average molecular weight is 434 g/mol. The number of fused-ring (bicyclic) bond motifs is 3. The Labute approximate surface area is 179 Å². The van der Waals surface area contributed by atoms with Gasteiger partial charge in [-0.3, -0.25) is 4.79 Å². The van der Waals surface area contributed by atoms with Crippen LogP contribution in [0.25, 0.3) is 16.6 Å². The van der Waals surface area contributed by atoms with E-state index in [0.717, 1.165) is 5.69 Å². The third-order valence-electron chi connectivity index (χ3n) is 5.73. The van der Waals surface area contributed by atoms with Gasteiger partial charge in [0.15, 0.2) is 5.58 Å². The van der Waals surface area contributed by atoms with Crippen LogP contribution in [-0.2, 0) is 6.42 Å². The van der Waals surface area contributed by atoms with Gasteiger partial charge in [-0.25, -0.2) is 23.3 Å². The number of halogens is 2. The van der Waals surface area contributed by atoms with E-state index in [1.165, 1.54) is 16.6 Å². The van der Waals surface area contributed by atoms with Crippen LogP contribution in [0.2, 0.25) is 0 Å². The van der Waals surface area contributed by atoms with Crippen LogP contribution in [0.4, 0.5) is 8.78 Å². The van der Waals surface area contributed by atoms with Gasteiger partial charge in [0.1, 0.15) is 11.6 Å². The fourth-order valence-electron chi connectivity index (χ4n) is 4.26. The maximum absolute atomic E-state index is 13.5. The summed E-state index contributed by atoms with van der Waals surface area (Å²) in [4.78, 5) is 26.9. The Kier molecular flexibility index (Phi) is 4.07. The number of pyridine rings is 1. The summed E-state index contributed by atoms with van der Waals surface area (Å²) in [6.07, 6.45) is 1.08. The largest absolute Gasteiger partial charge is 0.432 e. The van der Waals surface area contributed by atoms with E-state index in [1.54, 1.807) is 41.7 Å². The zero-order valence-corrected chi connectivity index (χ0v) is 16.6. The van der Waals surface area contributed by atoms with Crippen molar-refractivity contribution in [3.05, 3.63) is 83.5 Å². The van der Waals surface area contributed by atoms with Crippen molar-refractivity contribution in [1.82, 2.24) is 29.5 Å². The Morgan fingerprint density at radius 2 is 2.09 bits per heavy atom. The summed E-state index contributed by atoms with van der Waals surface area (Å²) in [5, 5.41) is 4.51. The molecule has 5 aromatic rings. The monoisotopic (exact) mass is 434 g/mol. The maximum atomic E-state index is 13.5. The molecule has 0 radical (unpaired) electrons. The lowest BCUT2D eigenvalue weighted by Crippen LogP contribution is -2.41. The Hall–Kier alpha value is -4.08. The summed E-state index contributed by atoms with van der Waals surface area (Å²) >= 11 is 0. The minimum atomic E-state index is -2.65. The number of hydrogen-bond acceptors (Lipinski definition) is 5. The summed E-state index contributed by atoms with van der Waals surface area (Å²) in [5.41, 5.74) is 3.20. The predicted octanol–water partition coefficient (Wildman–Crippen LogP) is 3.92. The number of benzene rings is 1. The number of aromatic nitrogens is 5. The summed E-state index contributed by atoms with van der Waals surface area (Å²) in [6.45, 7) is 0.368. The third-order valence-corrected chi connectivity index (χ3v) is 5.73. The number of oxazole rings is 1. The van der Waals surface area contributed by atoms with Gasteiger partial charge in [-0.1, -0.05) is 12.1 Å². The second kappa shape index (κ2) is 6.98. The standard InChI is InChI=1S/C22H16F2N6O2/c23-20(24)12-4-3-8-30-16(12)10-15(28-30)19-18-14(25-11-26-18)7-9-29(19)22(31)21-27-13-5-1-2-6-17(13)32-21/h1-6,8,10-11,19-20H,7,9H2,(H,25,26). The van der Waals surface area contributed by atoms with Gasteiger partial charge >= 0.3 is 5.91 Å². The Morgan fingerprint density at radius 3 is 2.94 bits per heavy atom. The molecule has 1 amide bonds. The molecule has 1 aromatic carbocycles. The van der Waals surface area contributed by atoms with Crippen molar-refractivity contribution in [2.75, 3.05) is 6.54 Å². The van der Waals surface area contributed by atoms with E-state index in [2.05, 4.69) is 20.1 Å². The number of nitrogens with zero attached hydrogens (tertiary/aromatic N) is 5. The number of hydrogen-bond donors (Lipinski definition) is 1. The highest BCUT2D eigenvalue weighted by molar-refractivity contribution is 5.93. The van der Waals surface area contributed by atoms with E-state index < -0.39 is 18.4 Å². The molecule has 0 bridgehead atoms. The molecule has 32 heavy (non-hydrogen) atoms. The highest BCUT2D eigenvalue weighted by Crippen LogP contribution is 2.35. The molecule has 1 unspecified atom stereocenters. The predicted molar refractivity (Wildman–Crippen MR) is 109 cm³/mol. The number of carbonyl (C=O) groups excluding carboxylic acids is 1. The lowest BCUT2D eigenvalue weighted by molar-refractivity contribution is 0.0648. The quantitative estimate of drug-likeness (QED) is 0.465. The van der Waals surface area contributed by atoms with E-state index >= 15 is 0 Å². The normalized spacial score (nSPS) is 16.2. The first-order valence-corrected chi connectivity index (χ1v) is 10.0. The highest BCUT2D eigenvalue weighted by Gasteiger charge is 2.38. The van der Waals surface area contributed by atoms with Crippen LogP contribution in [0.15, 0.2) is 59.4 Å². The van der Waals surface area contributed by atoms with Crippen LogP contribution in [0.5, 0.6) is 0 Å². The minimum Gasteiger partial charge on any atom is -0.432 e. The average Bonchev–Trinajstić information content (AvgIpc) is 3.54. The number of carbonyl (C=O) groups is 1. The Morgan fingerprint density at radius 1 is 1.22 bits per heavy atom. The van der Waals surface area contributed by atoms with E-state index in [4.69, 9.17) is 4.42 Å². The number of H-pyrrole nitrogens is 1. The smallest absolute Gasteiger partial charge is 0.310 e. The van der Waals surface area contributed by atoms with Gasteiger partial charge in [-0.2, -0.15) is 5.10 Å². The first kappa shape index (κ1) is 18.7. The summed E-state index contributed by atoms with van der Waals surface area (Å²) < 4.78 is 34.1. The number of imidazole rings is 1. The van der Waals surface area contributed by atoms with Crippen LogP contribution >= 0.6 is 0 Å². The molecule has 10 heteroatoms. The van der Waals surface area contributed by atoms with E-state index in [1.807, 2.05) is 6.07 Å². The molecular weight excluding hydrogens is 418 g/mol. The van der Waals surface area contributed by atoms with Gasteiger partial charge in [0.05, 0.1) is 23.2 Å². The lowest BCUT2D eigenvalue weighted by Gasteiger charge is -2.32. The molecule has 0 fully saturated rings. The molecule has 160 valence electrons. The first-order chi connectivity index (χ1) is 15.6. The van der Waals surface area contributed by atoms with Crippen molar-refractivity contribution in [2.45, 2.75) is 18.9 Å². The maximum Gasteiger partial charge on any atom is 0.310 e. The van der Waals surface area contributed by atoms with Crippen LogP contribution in [-0.4, -0.2) is 41.9 Å². The van der Waals surface area contributed by atoms with Crippen molar-refractivity contribution in [3.8, 4) is 0 Å². The number of nitrogens with one attached hydrogen (secondary N) is 1. The van der Waals surface area contributed by atoms with Gasteiger partial charge < -0.3 is 14.3 Å². The van der Waals surface area contributed by atoms with Crippen molar-refractivity contribution < 1.29 is 18.0 Å². The van der Waals surface area contributed by atoms with E-state index in [-0.39, 0.29) is 17.0 Å². The molecule has 0 saturated carbocycles. The number of rotatable bonds is 3. The summed E-state index contributed by atoms with van der Waals surface area (Å²) in [5.74, 6) is -0.446. The first-order valence-electron chi connectivity index (χ1n) is 10.0. The topological polar surface area (TPSA) is 92.3 Å². The molecule has 4 aromatic heterocycles. The third kappa shape index (κ3) is 2.79. The van der Waals surface area contributed by atoms with Crippen LogP contribution < -0.4 is 0 Å². The van der Waals surface area contributed by atoms with Crippen LogP contribution in [0.1, 0.15) is 45.8 Å². The minimum absolute atomic E-state index is 0.0350. The SMILES string of the molecule is O=C(c1nc2ccccc2o1)N1CCc2[nH]cnc2C1c1cc2c(C(F)F)cccn2n1. The Balaban J connectivity index is 1.48.